The zero-order valence-electron chi connectivity index (χ0n) is 19.6. The molecule has 0 aliphatic heterocycles. The summed E-state index contributed by atoms with van der Waals surface area (Å²) in [5.41, 5.74) is -2.22. The first-order chi connectivity index (χ1) is 17.7. The number of alkyl halides is 6. The number of aryl methyl sites for hydroxylation is 1. The third-order valence-corrected chi connectivity index (χ3v) is 6.37. The van der Waals surface area contributed by atoms with Crippen LogP contribution in [0, 0.1) is 0 Å². The summed E-state index contributed by atoms with van der Waals surface area (Å²) in [6.45, 7) is 1.68. The SMILES string of the molecule is CC(Oc1ccc(-c2cc(C(F)(F)F)n(C)n2)c(O)c1-c1ccc(Cl)c(C(F)(F)F)c1)c1ccc(Cl)cc1. The van der Waals surface area contributed by atoms with E-state index in [-0.39, 0.29) is 28.1 Å². The molecule has 0 spiro atoms. The molecule has 3 aromatic carbocycles. The highest BCUT2D eigenvalue weighted by atomic mass is 35.5. The zero-order valence-corrected chi connectivity index (χ0v) is 21.1. The number of phenols is 1. The van der Waals surface area contributed by atoms with Crippen LogP contribution in [0.1, 0.15) is 29.8 Å². The van der Waals surface area contributed by atoms with Crippen LogP contribution in [-0.4, -0.2) is 14.9 Å². The summed E-state index contributed by atoms with van der Waals surface area (Å²) in [7, 11) is 1.09. The van der Waals surface area contributed by atoms with E-state index in [0.29, 0.717) is 15.3 Å². The monoisotopic (exact) mass is 574 g/mol. The van der Waals surface area contributed by atoms with Crippen LogP contribution >= 0.6 is 23.2 Å². The van der Waals surface area contributed by atoms with Crippen LogP contribution in [0.5, 0.6) is 11.5 Å². The van der Waals surface area contributed by atoms with E-state index in [1.54, 1.807) is 31.2 Å². The number of aromatic nitrogens is 2. The molecule has 0 fully saturated rings. The molecule has 0 amide bonds. The van der Waals surface area contributed by atoms with Gasteiger partial charge in [0.2, 0.25) is 0 Å². The molecule has 0 saturated carbocycles. The summed E-state index contributed by atoms with van der Waals surface area (Å²) in [6, 6.07) is 13.0. The molecule has 0 saturated heterocycles. The summed E-state index contributed by atoms with van der Waals surface area (Å²) in [5.74, 6) is -0.635. The van der Waals surface area contributed by atoms with E-state index in [2.05, 4.69) is 5.10 Å². The molecule has 4 nitrogen and oxygen atoms in total. The van der Waals surface area contributed by atoms with Crippen molar-refractivity contribution in [1.82, 2.24) is 9.78 Å². The van der Waals surface area contributed by atoms with E-state index < -0.39 is 40.5 Å². The zero-order chi connectivity index (χ0) is 28.0. The molecule has 0 aliphatic carbocycles. The molecule has 0 bridgehead atoms. The Balaban J connectivity index is 1.90. The van der Waals surface area contributed by atoms with Gasteiger partial charge in [0.05, 0.1) is 21.8 Å². The molecule has 38 heavy (non-hydrogen) atoms. The smallest absolute Gasteiger partial charge is 0.433 e. The van der Waals surface area contributed by atoms with Gasteiger partial charge in [-0.2, -0.15) is 31.4 Å². The van der Waals surface area contributed by atoms with Crippen molar-refractivity contribution in [2.24, 2.45) is 7.05 Å². The van der Waals surface area contributed by atoms with Gasteiger partial charge in [0, 0.05) is 17.6 Å². The first kappa shape index (κ1) is 27.7. The number of ether oxygens (including phenoxy) is 1. The van der Waals surface area contributed by atoms with Gasteiger partial charge in [-0.3, -0.25) is 4.68 Å². The van der Waals surface area contributed by atoms with E-state index in [9.17, 15) is 31.4 Å². The molecule has 1 N–H and O–H groups in total. The number of aromatic hydroxyl groups is 1. The Labute approximate surface area is 223 Å². The molecule has 1 aromatic heterocycles. The van der Waals surface area contributed by atoms with Gasteiger partial charge in [0.25, 0.3) is 0 Å². The molecule has 1 atom stereocenters. The highest BCUT2D eigenvalue weighted by molar-refractivity contribution is 6.31. The molecule has 1 heterocycles. The quantitative estimate of drug-likeness (QED) is 0.242. The molecule has 0 aliphatic rings. The molecule has 4 aromatic rings. The van der Waals surface area contributed by atoms with Crippen LogP contribution in [0.4, 0.5) is 26.3 Å². The molecule has 12 heteroatoms. The van der Waals surface area contributed by atoms with Gasteiger partial charge >= 0.3 is 12.4 Å². The first-order valence-corrected chi connectivity index (χ1v) is 11.7. The molecule has 0 radical (unpaired) electrons. The third kappa shape index (κ3) is 5.56. The third-order valence-electron chi connectivity index (χ3n) is 5.79. The summed E-state index contributed by atoms with van der Waals surface area (Å²) >= 11 is 11.7. The van der Waals surface area contributed by atoms with Gasteiger partial charge in [-0.1, -0.05) is 41.4 Å². The largest absolute Gasteiger partial charge is 0.506 e. The second-order valence-electron chi connectivity index (χ2n) is 8.38. The number of halogens is 8. The maximum Gasteiger partial charge on any atom is 0.433 e. The fourth-order valence-electron chi connectivity index (χ4n) is 3.91. The van der Waals surface area contributed by atoms with Crippen molar-refractivity contribution in [2.75, 3.05) is 0 Å². The molecule has 1 unspecified atom stereocenters. The second-order valence-corrected chi connectivity index (χ2v) is 9.22. The van der Waals surface area contributed by atoms with E-state index in [4.69, 9.17) is 27.9 Å². The average Bonchev–Trinajstić information content (AvgIpc) is 3.21. The van der Waals surface area contributed by atoms with E-state index in [1.165, 1.54) is 18.2 Å². The highest BCUT2D eigenvalue weighted by Crippen LogP contribution is 2.47. The van der Waals surface area contributed by atoms with Crippen molar-refractivity contribution in [3.63, 3.8) is 0 Å². The van der Waals surface area contributed by atoms with Crippen molar-refractivity contribution < 1.29 is 36.2 Å². The van der Waals surface area contributed by atoms with Gasteiger partial charge in [0.15, 0.2) is 0 Å². The predicted molar refractivity (Wildman–Crippen MR) is 131 cm³/mol. The van der Waals surface area contributed by atoms with Crippen LogP contribution in [0.3, 0.4) is 0 Å². The molecular weight excluding hydrogens is 557 g/mol. The lowest BCUT2D eigenvalue weighted by Gasteiger charge is -2.21. The number of nitrogens with zero attached hydrogens (tertiary/aromatic N) is 2. The van der Waals surface area contributed by atoms with Crippen LogP contribution in [0.15, 0.2) is 60.7 Å². The maximum absolute atomic E-state index is 13.6. The average molecular weight is 575 g/mol. The lowest BCUT2D eigenvalue weighted by Crippen LogP contribution is -2.11. The fourth-order valence-corrected chi connectivity index (χ4v) is 4.26. The van der Waals surface area contributed by atoms with Crippen molar-refractivity contribution in [3.8, 4) is 33.9 Å². The van der Waals surface area contributed by atoms with Crippen molar-refractivity contribution >= 4 is 23.2 Å². The molecule has 4 rings (SSSR count). The second kappa shape index (κ2) is 10.1. The standard InChI is InChI=1S/C26H18Cl2F6N2O2/c1-13(14-3-6-16(27)7-4-14)38-21-10-8-17(20-12-22(26(32,33)34)36(2)35-20)24(37)23(21)15-5-9-19(28)18(11-15)25(29,30)31/h3-13,37H,1-2H3. The van der Waals surface area contributed by atoms with E-state index in [1.807, 2.05) is 0 Å². The molecule has 200 valence electrons. The number of hydrogen-bond acceptors (Lipinski definition) is 3. The Kier molecular flexibility index (Phi) is 7.33. The normalized spacial score (nSPS) is 13.0. The lowest BCUT2D eigenvalue weighted by atomic mass is 9.96. The lowest BCUT2D eigenvalue weighted by molar-refractivity contribution is -0.143. The minimum absolute atomic E-state index is 0.0175. The minimum Gasteiger partial charge on any atom is -0.506 e. The Hall–Kier alpha value is -3.37. The number of benzene rings is 3. The van der Waals surface area contributed by atoms with Crippen molar-refractivity contribution in [3.05, 3.63) is 87.5 Å². The Morgan fingerprint density at radius 2 is 1.55 bits per heavy atom. The van der Waals surface area contributed by atoms with Gasteiger partial charge in [0.1, 0.15) is 23.3 Å². The number of hydrogen-bond donors (Lipinski definition) is 1. The van der Waals surface area contributed by atoms with Gasteiger partial charge < -0.3 is 9.84 Å². The Morgan fingerprint density at radius 1 is 0.895 bits per heavy atom. The fraction of sp³-hybridized carbons (Fsp3) is 0.192. The number of phenolic OH excluding ortho intramolecular Hbond substituents is 1. The van der Waals surface area contributed by atoms with E-state index in [0.717, 1.165) is 25.2 Å². The molecular formula is C26H18Cl2F6N2O2. The summed E-state index contributed by atoms with van der Waals surface area (Å²) < 4.78 is 87.4. The van der Waals surface area contributed by atoms with Crippen LogP contribution < -0.4 is 4.74 Å². The maximum atomic E-state index is 13.6. The van der Waals surface area contributed by atoms with Crippen molar-refractivity contribution in [2.45, 2.75) is 25.4 Å². The van der Waals surface area contributed by atoms with Gasteiger partial charge in [-0.25, -0.2) is 0 Å². The van der Waals surface area contributed by atoms with Gasteiger partial charge in [-0.15, -0.1) is 0 Å². The van der Waals surface area contributed by atoms with Crippen LogP contribution in [0.25, 0.3) is 22.4 Å². The van der Waals surface area contributed by atoms with E-state index >= 15 is 0 Å². The first-order valence-electron chi connectivity index (χ1n) is 10.9. The highest BCUT2D eigenvalue weighted by Gasteiger charge is 2.36. The van der Waals surface area contributed by atoms with Crippen molar-refractivity contribution in [1.29, 1.82) is 0 Å². The summed E-state index contributed by atoms with van der Waals surface area (Å²) in [5, 5.41) is 15.0. The summed E-state index contributed by atoms with van der Waals surface area (Å²) in [4.78, 5) is 0. The Morgan fingerprint density at radius 3 is 2.13 bits per heavy atom. The predicted octanol–water partition coefficient (Wildman–Crippen LogP) is 8.94. The van der Waals surface area contributed by atoms with Crippen LogP contribution in [0.2, 0.25) is 10.0 Å². The van der Waals surface area contributed by atoms with Gasteiger partial charge in [-0.05, 0) is 60.5 Å². The Bertz CT molecular complexity index is 1480. The minimum atomic E-state index is -4.81. The van der Waals surface area contributed by atoms with Crippen LogP contribution in [-0.2, 0) is 19.4 Å². The topological polar surface area (TPSA) is 47.3 Å². The summed E-state index contributed by atoms with van der Waals surface area (Å²) in [6.07, 6.45) is -10.2. The number of rotatable bonds is 5.